The number of carbonyl (C=O) groups is 2. The number of rotatable bonds is 2. The molecule has 2 aliphatic rings. The maximum atomic E-state index is 12.9. The van der Waals surface area contributed by atoms with Crippen molar-refractivity contribution in [3.05, 3.63) is 30.1 Å². The minimum Gasteiger partial charge on any atom is -0.354 e. The van der Waals surface area contributed by atoms with Crippen molar-refractivity contribution in [2.24, 2.45) is 0 Å². The molecular weight excluding hydrogens is 342 g/mol. The molecule has 2 saturated heterocycles. The average Bonchev–Trinajstić information content (AvgIpc) is 2.93. The van der Waals surface area contributed by atoms with Gasteiger partial charge in [0.1, 0.15) is 17.9 Å². The van der Waals surface area contributed by atoms with Gasteiger partial charge in [-0.1, -0.05) is 12.1 Å². The monoisotopic (exact) mass is 369 g/mol. The van der Waals surface area contributed by atoms with Gasteiger partial charge in [0.25, 0.3) is 0 Å². The largest absolute Gasteiger partial charge is 0.354 e. The summed E-state index contributed by atoms with van der Waals surface area (Å²) in [6, 6.07) is 7.89. The zero-order valence-corrected chi connectivity index (χ0v) is 16.1. The number of carbonyl (C=O) groups excluding carboxylic acids is 2. The summed E-state index contributed by atoms with van der Waals surface area (Å²) in [5.74, 6) is 1.06. The van der Waals surface area contributed by atoms with Gasteiger partial charge in [-0.05, 0) is 45.4 Å². The van der Waals surface area contributed by atoms with Gasteiger partial charge < -0.3 is 14.8 Å². The lowest BCUT2D eigenvalue weighted by Crippen LogP contribution is -2.61. The van der Waals surface area contributed by atoms with Crippen molar-refractivity contribution < 1.29 is 9.59 Å². The first kappa shape index (κ1) is 18.0. The number of piperidine rings is 1. The smallest absolute Gasteiger partial charge is 0.242 e. The van der Waals surface area contributed by atoms with Gasteiger partial charge in [0.2, 0.25) is 11.8 Å². The van der Waals surface area contributed by atoms with Crippen LogP contribution in [0.15, 0.2) is 24.3 Å². The van der Waals surface area contributed by atoms with Crippen LogP contribution in [0.4, 0.5) is 0 Å². The highest BCUT2D eigenvalue weighted by molar-refractivity contribution is 5.87. The number of hydrogen-bond acceptors (Lipinski definition) is 4. The van der Waals surface area contributed by atoms with Crippen LogP contribution in [0.3, 0.4) is 0 Å². The molecule has 1 spiro atoms. The van der Waals surface area contributed by atoms with E-state index in [1.807, 2.05) is 47.7 Å². The second kappa shape index (κ2) is 6.96. The number of hydrogen-bond donors (Lipinski definition) is 1. The molecule has 1 N–H and O–H groups in total. The molecule has 2 aromatic rings. The molecule has 1 aromatic heterocycles. The third-order valence-corrected chi connectivity index (χ3v) is 6.19. The first-order valence-corrected chi connectivity index (χ1v) is 9.70. The molecule has 27 heavy (non-hydrogen) atoms. The molecule has 2 fully saturated rings. The second-order valence-corrected chi connectivity index (χ2v) is 7.68. The molecule has 144 valence electrons. The number of para-hydroxylation sites is 2. The van der Waals surface area contributed by atoms with Crippen molar-refractivity contribution in [1.82, 2.24) is 24.7 Å². The van der Waals surface area contributed by atoms with Gasteiger partial charge in [-0.3, -0.25) is 14.5 Å². The van der Waals surface area contributed by atoms with E-state index in [9.17, 15) is 9.59 Å². The summed E-state index contributed by atoms with van der Waals surface area (Å²) in [5.41, 5.74) is 1.43. The second-order valence-electron chi connectivity index (χ2n) is 7.68. The maximum absolute atomic E-state index is 12.9. The van der Waals surface area contributed by atoms with E-state index in [2.05, 4.69) is 15.2 Å². The number of benzene rings is 1. The highest BCUT2D eigenvalue weighted by Crippen LogP contribution is 2.30. The van der Waals surface area contributed by atoms with E-state index >= 15 is 0 Å². The number of fused-ring (bicyclic) bond motifs is 1. The molecule has 3 heterocycles. The van der Waals surface area contributed by atoms with Crippen molar-refractivity contribution in [1.29, 1.82) is 0 Å². The Morgan fingerprint density at radius 3 is 2.74 bits per heavy atom. The predicted molar refractivity (Wildman–Crippen MR) is 103 cm³/mol. The minimum atomic E-state index is -0.467. The van der Waals surface area contributed by atoms with Gasteiger partial charge in [-0.15, -0.1) is 0 Å². The highest BCUT2D eigenvalue weighted by atomic mass is 16.2. The third kappa shape index (κ3) is 3.10. The number of aryl methyl sites for hydroxylation is 1. The van der Waals surface area contributed by atoms with Crippen molar-refractivity contribution in [2.75, 3.05) is 33.2 Å². The zero-order valence-electron chi connectivity index (χ0n) is 16.1. The number of imidazole rings is 1. The Morgan fingerprint density at radius 1 is 1.22 bits per heavy atom. The van der Waals surface area contributed by atoms with Crippen molar-refractivity contribution in [2.45, 2.75) is 38.3 Å². The van der Waals surface area contributed by atoms with Crippen LogP contribution in [0.5, 0.6) is 0 Å². The van der Waals surface area contributed by atoms with E-state index < -0.39 is 5.54 Å². The van der Waals surface area contributed by atoms with Gasteiger partial charge in [-0.2, -0.15) is 0 Å². The molecular formula is C20H27N5O2. The standard InChI is InChI=1S/C20H27N5O2/c1-15-22-16-6-3-4-7-17(16)25(15)14-18(26)24-12-8-20(9-13-24)19(27)21-10-5-11-23(20)2/h3-4,6-7H,5,8-14H2,1-2H3,(H,21,27). The van der Waals surface area contributed by atoms with Crippen LogP contribution < -0.4 is 5.32 Å². The fourth-order valence-corrected chi connectivity index (χ4v) is 4.44. The Balaban J connectivity index is 1.47. The van der Waals surface area contributed by atoms with E-state index in [-0.39, 0.29) is 11.8 Å². The zero-order chi connectivity index (χ0) is 19.0. The minimum absolute atomic E-state index is 0.0905. The summed E-state index contributed by atoms with van der Waals surface area (Å²) in [4.78, 5) is 34.2. The Morgan fingerprint density at radius 2 is 1.96 bits per heavy atom. The Bertz CT molecular complexity index is 866. The fourth-order valence-electron chi connectivity index (χ4n) is 4.44. The number of nitrogens with one attached hydrogen (secondary N) is 1. The first-order valence-electron chi connectivity index (χ1n) is 9.70. The summed E-state index contributed by atoms with van der Waals surface area (Å²) in [6.45, 7) is 5.10. The van der Waals surface area contributed by atoms with Crippen LogP contribution in [0.2, 0.25) is 0 Å². The summed E-state index contributed by atoms with van der Waals surface area (Å²) in [5, 5.41) is 3.05. The number of amides is 2. The SMILES string of the molecule is Cc1nc2ccccc2n1CC(=O)N1CCC2(CC1)C(=O)NCCCN2C. The average molecular weight is 369 g/mol. The van der Waals surface area contributed by atoms with E-state index in [0.717, 1.165) is 36.4 Å². The van der Waals surface area contributed by atoms with E-state index in [0.29, 0.717) is 32.5 Å². The molecule has 4 rings (SSSR count). The topological polar surface area (TPSA) is 70.5 Å². The van der Waals surface area contributed by atoms with Gasteiger partial charge >= 0.3 is 0 Å². The molecule has 0 atom stereocenters. The van der Waals surface area contributed by atoms with Crippen molar-refractivity contribution in [3.8, 4) is 0 Å². The quantitative estimate of drug-likeness (QED) is 0.862. The lowest BCUT2D eigenvalue weighted by atomic mass is 9.85. The van der Waals surface area contributed by atoms with Crippen molar-refractivity contribution >= 4 is 22.8 Å². The Labute approximate surface area is 159 Å². The van der Waals surface area contributed by atoms with Gasteiger partial charge in [0.15, 0.2) is 0 Å². The van der Waals surface area contributed by atoms with E-state index in [1.165, 1.54) is 0 Å². The molecule has 7 heteroatoms. The van der Waals surface area contributed by atoms with Gasteiger partial charge in [0, 0.05) is 26.2 Å². The fraction of sp³-hybridized carbons (Fsp3) is 0.550. The van der Waals surface area contributed by atoms with Gasteiger partial charge in [-0.25, -0.2) is 4.98 Å². The van der Waals surface area contributed by atoms with Crippen LogP contribution in [0.1, 0.15) is 25.1 Å². The summed E-state index contributed by atoms with van der Waals surface area (Å²) < 4.78 is 1.98. The Kier molecular flexibility index (Phi) is 4.63. The Hall–Kier alpha value is -2.41. The van der Waals surface area contributed by atoms with Crippen LogP contribution in [0.25, 0.3) is 11.0 Å². The first-order chi connectivity index (χ1) is 13.0. The molecule has 2 aliphatic heterocycles. The number of likely N-dealkylation sites (N-methyl/N-ethyl adjacent to an activating group) is 1. The van der Waals surface area contributed by atoms with E-state index in [1.54, 1.807) is 0 Å². The summed E-state index contributed by atoms with van der Waals surface area (Å²) in [6.07, 6.45) is 2.34. The molecule has 7 nitrogen and oxygen atoms in total. The van der Waals surface area contributed by atoms with Crippen LogP contribution >= 0.6 is 0 Å². The molecule has 2 amide bonds. The van der Waals surface area contributed by atoms with Gasteiger partial charge in [0.05, 0.1) is 11.0 Å². The van der Waals surface area contributed by atoms with Crippen LogP contribution in [-0.2, 0) is 16.1 Å². The maximum Gasteiger partial charge on any atom is 0.242 e. The number of likely N-dealkylation sites (tertiary alicyclic amines) is 1. The molecule has 1 aromatic carbocycles. The van der Waals surface area contributed by atoms with E-state index in [4.69, 9.17) is 0 Å². The number of aromatic nitrogens is 2. The number of nitrogens with zero attached hydrogens (tertiary/aromatic N) is 4. The molecule has 0 aliphatic carbocycles. The van der Waals surface area contributed by atoms with Crippen molar-refractivity contribution in [3.63, 3.8) is 0 Å². The lowest BCUT2D eigenvalue weighted by molar-refractivity contribution is -0.141. The molecule has 0 unspecified atom stereocenters. The molecule has 0 radical (unpaired) electrons. The summed E-state index contributed by atoms with van der Waals surface area (Å²) >= 11 is 0. The molecule has 0 saturated carbocycles. The normalized spacial score (nSPS) is 20.7. The highest BCUT2D eigenvalue weighted by Gasteiger charge is 2.46. The van der Waals surface area contributed by atoms with Crippen LogP contribution in [-0.4, -0.2) is 69.9 Å². The predicted octanol–water partition coefficient (Wildman–Crippen LogP) is 1.16. The lowest BCUT2D eigenvalue weighted by Gasteiger charge is -2.45. The third-order valence-electron chi connectivity index (χ3n) is 6.19. The van der Waals surface area contributed by atoms with Crippen LogP contribution in [0, 0.1) is 6.92 Å². The molecule has 0 bridgehead atoms. The summed E-state index contributed by atoms with van der Waals surface area (Å²) in [7, 11) is 2.03.